The van der Waals surface area contributed by atoms with Gasteiger partial charge in [-0.15, -0.1) is 0 Å². The highest BCUT2D eigenvalue weighted by atomic mass is 35.5. The average molecular weight is 367 g/mol. The van der Waals surface area contributed by atoms with Crippen LogP contribution >= 0.6 is 11.6 Å². The zero-order valence-corrected chi connectivity index (χ0v) is 15.8. The number of halogens is 1. The standard InChI is InChI=1S/C19H27ClN2O3/c1-3-4-10-21(2)19(24)15-8-11-22(12-9-15)18(23)14-25-17-7-5-6-16(20)13-17/h5-7,13,15H,3-4,8-12,14H2,1-2H3. The van der Waals surface area contributed by atoms with E-state index in [1.807, 2.05) is 11.9 Å². The Hall–Kier alpha value is -1.75. The van der Waals surface area contributed by atoms with Gasteiger partial charge >= 0.3 is 0 Å². The van der Waals surface area contributed by atoms with Crippen molar-refractivity contribution in [2.45, 2.75) is 32.6 Å². The number of carbonyl (C=O) groups excluding carboxylic acids is 2. The second-order valence-electron chi connectivity index (χ2n) is 6.51. The topological polar surface area (TPSA) is 49.9 Å². The summed E-state index contributed by atoms with van der Waals surface area (Å²) in [6.07, 6.45) is 3.55. The maximum Gasteiger partial charge on any atom is 0.260 e. The third-order valence-electron chi connectivity index (χ3n) is 4.58. The molecule has 25 heavy (non-hydrogen) atoms. The van der Waals surface area contributed by atoms with Crippen LogP contribution in [0.1, 0.15) is 32.6 Å². The second kappa shape index (κ2) is 9.66. The number of nitrogens with zero attached hydrogens (tertiary/aromatic N) is 2. The van der Waals surface area contributed by atoms with Crippen molar-refractivity contribution in [2.75, 3.05) is 33.3 Å². The van der Waals surface area contributed by atoms with E-state index in [1.165, 1.54) is 0 Å². The highest BCUT2D eigenvalue weighted by Crippen LogP contribution is 2.21. The molecule has 1 heterocycles. The van der Waals surface area contributed by atoms with Crippen LogP contribution in [0.4, 0.5) is 0 Å². The first kappa shape index (κ1) is 19.6. The Morgan fingerprint density at radius 2 is 2.04 bits per heavy atom. The fraction of sp³-hybridized carbons (Fsp3) is 0.579. The molecule has 0 spiro atoms. The van der Waals surface area contributed by atoms with Gasteiger partial charge in [-0.2, -0.15) is 0 Å². The normalized spacial score (nSPS) is 15.1. The van der Waals surface area contributed by atoms with E-state index in [-0.39, 0.29) is 24.3 Å². The van der Waals surface area contributed by atoms with Gasteiger partial charge in [0.25, 0.3) is 5.91 Å². The first-order valence-corrected chi connectivity index (χ1v) is 9.30. The molecule has 0 bridgehead atoms. The second-order valence-corrected chi connectivity index (χ2v) is 6.95. The minimum atomic E-state index is -0.0507. The molecule has 1 saturated heterocycles. The Kier molecular flexibility index (Phi) is 7.56. The predicted octanol–water partition coefficient (Wildman–Crippen LogP) is 3.22. The molecule has 1 fully saturated rings. The third-order valence-corrected chi connectivity index (χ3v) is 4.81. The quantitative estimate of drug-likeness (QED) is 0.744. The summed E-state index contributed by atoms with van der Waals surface area (Å²) in [5.74, 6) is 0.768. The van der Waals surface area contributed by atoms with E-state index in [0.717, 1.165) is 32.2 Å². The Balaban J connectivity index is 1.75. The lowest BCUT2D eigenvalue weighted by atomic mass is 9.95. The van der Waals surface area contributed by atoms with Crippen molar-refractivity contribution in [3.63, 3.8) is 0 Å². The maximum absolute atomic E-state index is 12.4. The number of rotatable bonds is 7. The van der Waals surface area contributed by atoms with Crippen LogP contribution in [0.3, 0.4) is 0 Å². The van der Waals surface area contributed by atoms with Crippen LogP contribution in [-0.4, -0.2) is 54.9 Å². The van der Waals surface area contributed by atoms with Crippen LogP contribution in [0, 0.1) is 5.92 Å². The van der Waals surface area contributed by atoms with E-state index in [9.17, 15) is 9.59 Å². The third kappa shape index (κ3) is 5.92. The minimum absolute atomic E-state index is 0.00461. The zero-order valence-electron chi connectivity index (χ0n) is 15.0. The molecule has 0 unspecified atom stereocenters. The lowest BCUT2D eigenvalue weighted by Gasteiger charge is -2.33. The molecule has 5 nitrogen and oxygen atoms in total. The molecule has 0 atom stereocenters. The van der Waals surface area contributed by atoms with Crippen LogP contribution in [0.2, 0.25) is 5.02 Å². The van der Waals surface area contributed by atoms with Crippen molar-refractivity contribution in [3.8, 4) is 5.75 Å². The minimum Gasteiger partial charge on any atom is -0.484 e. The molecule has 1 aromatic rings. The molecule has 0 aromatic heterocycles. The number of hydrogen-bond donors (Lipinski definition) is 0. The highest BCUT2D eigenvalue weighted by molar-refractivity contribution is 6.30. The number of carbonyl (C=O) groups is 2. The van der Waals surface area contributed by atoms with Crippen LogP contribution in [-0.2, 0) is 9.59 Å². The Morgan fingerprint density at radius 3 is 2.68 bits per heavy atom. The lowest BCUT2D eigenvalue weighted by molar-refractivity contribution is -0.140. The molecule has 2 amide bonds. The van der Waals surface area contributed by atoms with E-state index in [1.54, 1.807) is 29.2 Å². The first-order valence-electron chi connectivity index (χ1n) is 8.92. The fourth-order valence-corrected chi connectivity index (χ4v) is 3.17. The summed E-state index contributed by atoms with van der Waals surface area (Å²) in [5, 5.41) is 0.580. The molecule has 0 saturated carbocycles. The van der Waals surface area contributed by atoms with Crippen molar-refractivity contribution in [1.29, 1.82) is 0 Å². The average Bonchev–Trinajstić information content (AvgIpc) is 2.63. The molecular weight excluding hydrogens is 340 g/mol. The van der Waals surface area contributed by atoms with Gasteiger partial charge in [0.05, 0.1) is 0 Å². The van der Waals surface area contributed by atoms with Crippen molar-refractivity contribution in [3.05, 3.63) is 29.3 Å². The molecule has 1 aliphatic heterocycles. The van der Waals surface area contributed by atoms with Gasteiger partial charge < -0.3 is 14.5 Å². The molecule has 138 valence electrons. The monoisotopic (exact) mass is 366 g/mol. The summed E-state index contributed by atoms with van der Waals surface area (Å²) < 4.78 is 5.51. The Bertz CT molecular complexity index is 586. The molecule has 1 aliphatic rings. The number of likely N-dealkylation sites (tertiary alicyclic amines) is 1. The largest absolute Gasteiger partial charge is 0.484 e. The molecular formula is C19H27ClN2O3. The van der Waals surface area contributed by atoms with Crippen LogP contribution in [0.15, 0.2) is 24.3 Å². The van der Waals surface area contributed by atoms with Crippen LogP contribution < -0.4 is 4.74 Å². The molecule has 0 radical (unpaired) electrons. The van der Waals surface area contributed by atoms with Gasteiger partial charge in [-0.1, -0.05) is 31.0 Å². The number of unbranched alkanes of at least 4 members (excludes halogenated alkanes) is 1. The summed E-state index contributed by atoms with van der Waals surface area (Å²) in [5.41, 5.74) is 0. The number of piperidine rings is 1. The summed E-state index contributed by atoms with van der Waals surface area (Å²) in [4.78, 5) is 28.3. The van der Waals surface area contributed by atoms with Crippen molar-refractivity contribution in [2.24, 2.45) is 5.92 Å². The number of hydrogen-bond acceptors (Lipinski definition) is 3. The number of amides is 2. The van der Waals surface area contributed by atoms with Crippen LogP contribution in [0.5, 0.6) is 5.75 Å². The van der Waals surface area contributed by atoms with E-state index in [0.29, 0.717) is 23.9 Å². The number of ether oxygens (including phenoxy) is 1. The molecule has 0 N–H and O–H groups in total. The van der Waals surface area contributed by atoms with Gasteiger partial charge in [0.15, 0.2) is 6.61 Å². The van der Waals surface area contributed by atoms with Gasteiger partial charge in [0.1, 0.15) is 5.75 Å². The van der Waals surface area contributed by atoms with Crippen molar-refractivity contribution in [1.82, 2.24) is 9.80 Å². The van der Waals surface area contributed by atoms with E-state index in [4.69, 9.17) is 16.3 Å². The summed E-state index contributed by atoms with van der Waals surface area (Å²) >= 11 is 5.90. The van der Waals surface area contributed by atoms with Gasteiger partial charge in [0, 0.05) is 37.6 Å². The van der Waals surface area contributed by atoms with Gasteiger partial charge in [-0.25, -0.2) is 0 Å². The smallest absolute Gasteiger partial charge is 0.260 e. The van der Waals surface area contributed by atoms with E-state index in [2.05, 4.69) is 6.92 Å². The number of benzene rings is 1. The van der Waals surface area contributed by atoms with Crippen molar-refractivity contribution < 1.29 is 14.3 Å². The SMILES string of the molecule is CCCCN(C)C(=O)C1CCN(C(=O)COc2cccc(Cl)c2)CC1. The van der Waals surface area contributed by atoms with E-state index < -0.39 is 0 Å². The molecule has 6 heteroatoms. The van der Waals surface area contributed by atoms with Crippen molar-refractivity contribution >= 4 is 23.4 Å². The summed E-state index contributed by atoms with van der Waals surface area (Å²) in [6, 6.07) is 7.01. The van der Waals surface area contributed by atoms with E-state index >= 15 is 0 Å². The zero-order chi connectivity index (χ0) is 18.2. The first-order chi connectivity index (χ1) is 12.0. The van der Waals surface area contributed by atoms with Gasteiger partial charge in [0.2, 0.25) is 5.91 Å². The van der Waals surface area contributed by atoms with Gasteiger partial charge in [-0.05, 0) is 37.5 Å². The summed E-state index contributed by atoms with van der Waals surface area (Å²) in [7, 11) is 1.87. The van der Waals surface area contributed by atoms with Crippen LogP contribution in [0.25, 0.3) is 0 Å². The molecule has 2 rings (SSSR count). The Morgan fingerprint density at radius 1 is 1.32 bits per heavy atom. The Labute approximate surface area is 154 Å². The fourth-order valence-electron chi connectivity index (χ4n) is 2.99. The molecule has 1 aromatic carbocycles. The summed E-state index contributed by atoms with van der Waals surface area (Å²) in [6.45, 7) is 4.14. The predicted molar refractivity (Wildman–Crippen MR) is 98.8 cm³/mol. The molecule has 0 aliphatic carbocycles. The highest BCUT2D eigenvalue weighted by Gasteiger charge is 2.29. The lowest BCUT2D eigenvalue weighted by Crippen LogP contribution is -2.45. The maximum atomic E-state index is 12.4. The van der Waals surface area contributed by atoms with Gasteiger partial charge in [-0.3, -0.25) is 9.59 Å².